The van der Waals surface area contributed by atoms with Gasteiger partial charge in [-0.15, -0.1) is 0 Å². The van der Waals surface area contributed by atoms with Gasteiger partial charge in [-0.1, -0.05) is 194 Å². The standard InChI is InChI=1S/C62H39N3/c1-3-15-40(16-4-1)41-29-31-42(32-30-41)45-20-13-22-47(37-45)61-62(64-56-28-12-11-27-55(56)63-61)53-26-14-21-46-38-48(34-35-49(46)53)65-57-36-33-44-19-7-8-23-50(44)59(57)60-52-25-10-9-24-51(52)54(39-58(60)65)43-17-5-2-6-18-43/h1-39H. The van der Waals surface area contributed by atoms with Crippen LogP contribution in [-0.2, 0) is 0 Å². The van der Waals surface area contributed by atoms with E-state index in [2.05, 4.69) is 229 Å². The van der Waals surface area contributed by atoms with Gasteiger partial charge in [0.15, 0.2) is 0 Å². The average molecular weight is 826 g/mol. The van der Waals surface area contributed by atoms with Crippen molar-refractivity contribution in [3.8, 4) is 61.6 Å². The Bertz CT molecular complexity index is 3980. The molecule has 0 atom stereocenters. The Morgan fingerprint density at radius 3 is 1.63 bits per heavy atom. The van der Waals surface area contributed by atoms with Gasteiger partial charge >= 0.3 is 0 Å². The van der Waals surface area contributed by atoms with Crippen molar-refractivity contribution in [2.24, 2.45) is 0 Å². The van der Waals surface area contributed by atoms with Gasteiger partial charge in [-0.2, -0.15) is 0 Å². The highest BCUT2D eigenvalue weighted by molar-refractivity contribution is 6.30. The van der Waals surface area contributed by atoms with Crippen LogP contribution in [0.25, 0.3) is 127 Å². The summed E-state index contributed by atoms with van der Waals surface area (Å²) < 4.78 is 2.47. The van der Waals surface area contributed by atoms with Crippen molar-refractivity contribution in [2.75, 3.05) is 0 Å². The summed E-state index contributed by atoms with van der Waals surface area (Å²) in [6, 6.07) is 85.2. The van der Waals surface area contributed by atoms with E-state index in [0.29, 0.717) is 0 Å². The lowest BCUT2D eigenvalue weighted by Gasteiger charge is -2.15. The molecule has 0 bridgehead atoms. The van der Waals surface area contributed by atoms with Crippen molar-refractivity contribution in [2.45, 2.75) is 0 Å². The van der Waals surface area contributed by atoms with Gasteiger partial charge in [0.1, 0.15) is 0 Å². The molecule has 0 spiro atoms. The van der Waals surface area contributed by atoms with Crippen LogP contribution in [0.15, 0.2) is 237 Å². The molecule has 0 saturated carbocycles. The van der Waals surface area contributed by atoms with Gasteiger partial charge < -0.3 is 4.57 Å². The second kappa shape index (κ2) is 15.0. The second-order valence-corrected chi connectivity index (χ2v) is 16.9. The largest absolute Gasteiger partial charge is 0.309 e. The fourth-order valence-corrected chi connectivity index (χ4v) is 10.1. The number of benzene rings is 11. The minimum atomic E-state index is 0.859. The molecule has 0 unspecified atom stereocenters. The molecule has 3 heteroatoms. The molecule has 13 rings (SSSR count). The number of rotatable bonds is 6. The van der Waals surface area contributed by atoms with Gasteiger partial charge in [0.05, 0.1) is 33.5 Å². The topological polar surface area (TPSA) is 30.7 Å². The summed E-state index contributed by atoms with van der Waals surface area (Å²) in [5.41, 5.74) is 16.1. The molecule has 302 valence electrons. The molecule has 13 aromatic rings. The van der Waals surface area contributed by atoms with E-state index in [1.54, 1.807) is 0 Å². The molecule has 2 heterocycles. The van der Waals surface area contributed by atoms with Gasteiger partial charge in [0.25, 0.3) is 0 Å². The maximum absolute atomic E-state index is 5.40. The number of aromatic nitrogens is 3. The molecule has 0 aliphatic carbocycles. The maximum Gasteiger partial charge on any atom is 0.0979 e. The van der Waals surface area contributed by atoms with Crippen LogP contribution < -0.4 is 0 Å². The molecule has 0 fully saturated rings. The molecule has 0 aliphatic heterocycles. The van der Waals surface area contributed by atoms with Crippen molar-refractivity contribution < 1.29 is 0 Å². The van der Waals surface area contributed by atoms with Gasteiger partial charge in [-0.25, -0.2) is 9.97 Å². The van der Waals surface area contributed by atoms with E-state index in [4.69, 9.17) is 9.97 Å². The minimum Gasteiger partial charge on any atom is -0.309 e. The Morgan fingerprint density at radius 1 is 0.277 bits per heavy atom. The molecule has 0 amide bonds. The number of hydrogen-bond donors (Lipinski definition) is 0. The van der Waals surface area contributed by atoms with E-state index in [0.717, 1.165) is 61.1 Å². The SMILES string of the molecule is c1ccc(-c2ccc(-c3cccc(-c4nc5ccccc5nc4-c4cccc5cc(-n6c7ccc8ccccc8c7c7c8ccccc8c(-c8ccccc8)cc76)ccc45)c3)cc2)cc1. The average Bonchev–Trinajstić information content (AvgIpc) is 3.73. The van der Waals surface area contributed by atoms with Gasteiger partial charge in [0, 0.05) is 27.6 Å². The first-order valence-corrected chi connectivity index (χ1v) is 22.2. The number of nitrogens with zero attached hydrogens (tertiary/aromatic N) is 3. The van der Waals surface area contributed by atoms with Crippen molar-refractivity contribution >= 4 is 65.2 Å². The third-order valence-electron chi connectivity index (χ3n) is 13.2. The van der Waals surface area contributed by atoms with Gasteiger partial charge in [0.2, 0.25) is 0 Å². The molecule has 3 nitrogen and oxygen atoms in total. The van der Waals surface area contributed by atoms with Crippen LogP contribution in [0.3, 0.4) is 0 Å². The zero-order valence-electron chi connectivity index (χ0n) is 35.4. The molecule has 0 aliphatic rings. The highest BCUT2D eigenvalue weighted by Gasteiger charge is 2.21. The third kappa shape index (κ3) is 6.12. The summed E-state index contributed by atoms with van der Waals surface area (Å²) in [7, 11) is 0. The third-order valence-corrected chi connectivity index (χ3v) is 13.2. The molecule has 2 aromatic heterocycles. The zero-order valence-corrected chi connectivity index (χ0v) is 35.4. The summed E-state index contributed by atoms with van der Waals surface area (Å²) >= 11 is 0. The van der Waals surface area contributed by atoms with Crippen LogP contribution in [0.5, 0.6) is 0 Å². The second-order valence-electron chi connectivity index (χ2n) is 16.9. The Kier molecular flexibility index (Phi) is 8.53. The number of para-hydroxylation sites is 2. The lowest BCUT2D eigenvalue weighted by molar-refractivity contribution is 1.19. The highest BCUT2D eigenvalue weighted by Crippen LogP contribution is 2.45. The van der Waals surface area contributed by atoms with Gasteiger partial charge in [-0.3, -0.25) is 0 Å². The predicted molar refractivity (Wildman–Crippen MR) is 274 cm³/mol. The zero-order chi connectivity index (χ0) is 42.8. The van der Waals surface area contributed by atoms with E-state index in [1.807, 2.05) is 12.1 Å². The quantitative estimate of drug-likeness (QED) is 0.167. The molecule has 65 heavy (non-hydrogen) atoms. The van der Waals surface area contributed by atoms with Crippen LogP contribution in [0.1, 0.15) is 0 Å². The fraction of sp³-hybridized carbons (Fsp3) is 0. The Balaban J connectivity index is 1.00. The van der Waals surface area contributed by atoms with Crippen molar-refractivity contribution in [3.63, 3.8) is 0 Å². The van der Waals surface area contributed by atoms with Crippen molar-refractivity contribution in [1.29, 1.82) is 0 Å². The normalized spacial score (nSPS) is 11.7. The van der Waals surface area contributed by atoms with E-state index in [-0.39, 0.29) is 0 Å². The van der Waals surface area contributed by atoms with Crippen LogP contribution >= 0.6 is 0 Å². The van der Waals surface area contributed by atoms with E-state index in [1.165, 1.54) is 65.6 Å². The van der Waals surface area contributed by atoms with E-state index in [9.17, 15) is 0 Å². The summed E-state index contributed by atoms with van der Waals surface area (Å²) in [5.74, 6) is 0. The van der Waals surface area contributed by atoms with Crippen LogP contribution in [-0.4, -0.2) is 14.5 Å². The van der Waals surface area contributed by atoms with Gasteiger partial charge in [-0.05, 0) is 108 Å². The molecule has 11 aromatic carbocycles. The van der Waals surface area contributed by atoms with E-state index < -0.39 is 0 Å². The summed E-state index contributed by atoms with van der Waals surface area (Å²) in [5, 5.41) is 9.79. The Labute approximate surface area is 376 Å². The highest BCUT2D eigenvalue weighted by atomic mass is 15.0. The van der Waals surface area contributed by atoms with Crippen LogP contribution in [0, 0.1) is 0 Å². The number of fused-ring (bicyclic) bond motifs is 9. The molecule has 0 radical (unpaired) electrons. The molecule has 0 saturated heterocycles. The fourth-order valence-electron chi connectivity index (χ4n) is 10.1. The first kappa shape index (κ1) is 36.9. The maximum atomic E-state index is 5.40. The monoisotopic (exact) mass is 825 g/mol. The van der Waals surface area contributed by atoms with Crippen molar-refractivity contribution in [3.05, 3.63) is 237 Å². The lowest BCUT2D eigenvalue weighted by atomic mass is 9.94. The van der Waals surface area contributed by atoms with E-state index >= 15 is 0 Å². The Hall–Kier alpha value is -8.66. The number of hydrogen-bond acceptors (Lipinski definition) is 2. The first-order valence-electron chi connectivity index (χ1n) is 22.2. The Morgan fingerprint density at radius 2 is 0.846 bits per heavy atom. The first-order chi connectivity index (χ1) is 32.2. The minimum absolute atomic E-state index is 0.859. The summed E-state index contributed by atoms with van der Waals surface area (Å²) in [6.45, 7) is 0. The molecular formula is C62H39N3. The van der Waals surface area contributed by atoms with Crippen LogP contribution in [0.2, 0.25) is 0 Å². The summed E-state index contributed by atoms with van der Waals surface area (Å²) in [6.07, 6.45) is 0. The molecule has 0 N–H and O–H groups in total. The smallest absolute Gasteiger partial charge is 0.0979 e. The van der Waals surface area contributed by atoms with Crippen molar-refractivity contribution in [1.82, 2.24) is 14.5 Å². The predicted octanol–water partition coefficient (Wildman–Crippen LogP) is 16.5. The lowest BCUT2D eigenvalue weighted by Crippen LogP contribution is -1.97. The van der Waals surface area contributed by atoms with Crippen LogP contribution in [0.4, 0.5) is 0 Å². The summed E-state index contributed by atoms with van der Waals surface area (Å²) in [4.78, 5) is 10.8. The molecular weight excluding hydrogens is 787 g/mol.